The Kier molecular flexibility index (Phi) is 2.29. The zero-order chi connectivity index (χ0) is 12.7. The second kappa shape index (κ2) is 3.83. The third-order valence-electron chi connectivity index (χ3n) is 2.91. The number of carbonyl (C=O) groups is 3. The summed E-state index contributed by atoms with van der Waals surface area (Å²) in [5, 5.41) is 7.61. The Morgan fingerprint density at radius 2 is 1.89 bits per heavy atom. The van der Waals surface area contributed by atoms with Crippen LogP contribution in [0.5, 0.6) is 0 Å². The van der Waals surface area contributed by atoms with E-state index >= 15 is 0 Å². The molecule has 1 aliphatic carbocycles. The number of benzene rings is 1. The second-order valence-electron chi connectivity index (χ2n) is 4.42. The molecule has 6 heteroatoms. The Balaban J connectivity index is 1.77. The van der Waals surface area contributed by atoms with Gasteiger partial charge in [0.25, 0.3) is 11.8 Å². The van der Waals surface area contributed by atoms with E-state index in [-0.39, 0.29) is 12.1 Å². The van der Waals surface area contributed by atoms with Gasteiger partial charge in [-0.1, -0.05) is 0 Å². The normalized spacial score (nSPS) is 17.1. The molecular formula is C12H11N3O3. The first-order valence-corrected chi connectivity index (χ1v) is 5.71. The predicted molar refractivity (Wildman–Crippen MR) is 63.4 cm³/mol. The molecule has 3 rings (SSSR count). The number of fused-ring (bicyclic) bond motifs is 1. The molecule has 0 aromatic heterocycles. The molecule has 2 aliphatic rings. The monoisotopic (exact) mass is 245 g/mol. The molecule has 92 valence electrons. The Hall–Kier alpha value is -2.37. The van der Waals surface area contributed by atoms with Crippen molar-refractivity contribution >= 4 is 23.5 Å². The van der Waals surface area contributed by atoms with Gasteiger partial charge in [-0.2, -0.15) is 0 Å². The van der Waals surface area contributed by atoms with Crippen molar-refractivity contribution in [2.24, 2.45) is 0 Å². The molecule has 0 spiro atoms. The summed E-state index contributed by atoms with van der Waals surface area (Å²) in [6.45, 7) is 0. The van der Waals surface area contributed by atoms with Crippen molar-refractivity contribution < 1.29 is 14.4 Å². The average Bonchev–Trinajstić information content (AvgIpc) is 3.07. The van der Waals surface area contributed by atoms with Gasteiger partial charge in [0.2, 0.25) is 0 Å². The summed E-state index contributed by atoms with van der Waals surface area (Å²) < 4.78 is 0. The molecule has 1 aromatic rings. The van der Waals surface area contributed by atoms with E-state index in [0.717, 1.165) is 12.8 Å². The zero-order valence-corrected chi connectivity index (χ0v) is 9.45. The van der Waals surface area contributed by atoms with Crippen molar-refractivity contribution in [2.75, 3.05) is 5.32 Å². The van der Waals surface area contributed by atoms with Crippen molar-refractivity contribution in [2.45, 2.75) is 18.9 Å². The minimum absolute atomic E-state index is 0.268. The molecule has 1 saturated carbocycles. The van der Waals surface area contributed by atoms with Crippen molar-refractivity contribution in [3.8, 4) is 0 Å². The van der Waals surface area contributed by atoms with Gasteiger partial charge >= 0.3 is 6.03 Å². The van der Waals surface area contributed by atoms with E-state index in [2.05, 4.69) is 16.0 Å². The zero-order valence-electron chi connectivity index (χ0n) is 9.45. The smallest absolute Gasteiger partial charge is 0.319 e. The van der Waals surface area contributed by atoms with Crippen LogP contribution in [-0.4, -0.2) is 23.9 Å². The molecule has 1 fully saturated rings. The average molecular weight is 245 g/mol. The molecule has 4 amide bonds. The molecule has 0 bridgehead atoms. The van der Waals surface area contributed by atoms with Gasteiger partial charge < -0.3 is 10.6 Å². The Labute approximate surface area is 103 Å². The maximum absolute atomic E-state index is 11.5. The van der Waals surface area contributed by atoms with E-state index in [4.69, 9.17) is 0 Å². The van der Waals surface area contributed by atoms with Gasteiger partial charge in [0.1, 0.15) is 0 Å². The molecule has 1 heterocycles. The Morgan fingerprint density at radius 3 is 2.61 bits per heavy atom. The van der Waals surface area contributed by atoms with Crippen LogP contribution in [0.1, 0.15) is 33.6 Å². The third kappa shape index (κ3) is 1.92. The number of anilines is 1. The lowest BCUT2D eigenvalue weighted by Gasteiger charge is -2.07. The van der Waals surface area contributed by atoms with Crippen LogP contribution in [0.4, 0.5) is 10.5 Å². The van der Waals surface area contributed by atoms with Crippen LogP contribution < -0.4 is 16.0 Å². The van der Waals surface area contributed by atoms with Crippen LogP contribution in [-0.2, 0) is 0 Å². The van der Waals surface area contributed by atoms with Crippen molar-refractivity contribution in [1.82, 2.24) is 10.6 Å². The summed E-state index contributed by atoms with van der Waals surface area (Å²) in [5.41, 5.74) is 1.13. The molecule has 18 heavy (non-hydrogen) atoms. The van der Waals surface area contributed by atoms with Crippen molar-refractivity contribution in [3.63, 3.8) is 0 Å². The maximum Gasteiger partial charge on any atom is 0.319 e. The van der Waals surface area contributed by atoms with Crippen LogP contribution in [0.2, 0.25) is 0 Å². The van der Waals surface area contributed by atoms with Gasteiger partial charge in [-0.15, -0.1) is 0 Å². The van der Waals surface area contributed by atoms with Crippen molar-refractivity contribution in [1.29, 1.82) is 0 Å². The molecule has 6 nitrogen and oxygen atoms in total. The fourth-order valence-corrected chi connectivity index (χ4v) is 1.83. The number of rotatable bonds is 2. The topological polar surface area (TPSA) is 87.3 Å². The lowest BCUT2D eigenvalue weighted by atomic mass is 10.1. The lowest BCUT2D eigenvalue weighted by molar-refractivity contribution is 0.0879. The summed E-state index contributed by atoms with van der Waals surface area (Å²) in [6.07, 6.45) is 2.02. The number of nitrogens with one attached hydrogen (secondary N) is 3. The molecule has 0 unspecified atom stereocenters. The lowest BCUT2D eigenvalue weighted by Crippen LogP contribution is -2.30. The first kappa shape index (κ1) is 10.8. The Morgan fingerprint density at radius 1 is 1.17 bits per heavy atom. The van der Waals surface area contributed by atoms with Crippen LogP contribution in [0.15, 0.2) is 18.2 Å². The Bertz CT molecular complexity index is 564. The minimum Gasteiger partial charge on any atom is -0.335 e. The highest BCUT2D eigenvalue weighted by Gasteiger charge is 2.27. The van der Waals surface area contributed by atoms with E-state index in [1.165, 1.54) is 12.1 Å². The standard InChI is InChI=1S/C12H11N3O3/c16-10-8-4-3-7(5-9(8)11(17)15-10)14-12(18)13-6-1-2-6/h3-6H,1-2H2,(H2,13,14,18)(H,15,16,17). The van der Waals surface area contributed by atoms with Crippen LogP contribution >= 0.6 is 0 Å². The second-order valence-corrected chi connectivity index (χ2v) is 4.42. The third-order valence-corrected chi connectivity index (χ3v) is 2.91. The summed E-state index contributed by atoms with van der Waals surface area (Å²) >= 11 is 0. The van der Waals surface area contributed by atoms with E-state index < -0.39 is 11.8 Å². The molecule has 0 saturated heterocycles. The number of amides is 4. The number of imide groups is 1. The summed E-state index contributed by atoms with van der Waals surface area (Å²) in [6, 6.07) is 4.61. The van der Waals surface area contributed by atoms with Gasteiger partial charge in [0.05, 0.1) is 11.1 Å². The van der Waals surface area contributed by atoms with Gasteiger partial charge in [0.15, 0.2) is 0 Å². The first-order valence-electron chi connectivity index (χ1n) is 5.71. The molecule has 3 N–H and O–H groups in total. The highest BCUT2D eigenvalue weighted by molar-refractivity contribution is 6.21. The van der Waals surface area contributed by atoms with Gasteiger partial charge in [-0.05, 0) is 31.0 Å². The number of hydrogen-bond donors (Lipinski definition) is 3. The molecular weight excluding hydrogens is 234 g/mol. The summed E-state index contributed by atoms with van der Waals surface area (Å²) in [5.74, 6) is -0.828. The largest absolute Gasteiger partial charge is 0.335 e. The van der Waals surface area contributed by atoms with Crippen molar-refractivity contribution in [3.05, 3.63) is 29.3 Å². The number of carbonyl (C=O) groups excluding carboxylic acids is 3. The molecule has 1 aromatic carbocycles. The molecule has 1 aliphatic heterocycles. The number of hydrogen-bond acceptors (Lipinski definition) is 3. The highest BCUT2D eigenvalue weighted by atomic mass is 16.2. The fraction of sp³-hybridized carbons (Fsp3) is 0.250. The van der Waals surface area contributed by atoms with E-state index in [0.29, 0.717) is 16.8 Å². The predicted octanol–water partition coefficient (Wildman–Crippen LogP) is 0.854. The fourth-order valence-electron chi connectivity index (χ4n) is 1.83. The molecule has 0 atom stereocenters. The first-order chi connectivity index (χ1) is 8.63. The number of urea groups is 1. The minimum atomic E-state index is -0.429. The van der Waals surface area contributed by atoms with Crippen LogP contribution in [0, 0.1) is 0 Å². The van der Waals surface area contributed by atoms with Crippen LogP contribution in [0.25, 0.3) is 0 Å². The van der Waals surface area contributed by atoms with E-state index in [9.17, 15) is 14.4 Å². The SMILES string of the molecule is O=C(Nc1ccc2c(c1)C(=O)NC2=O)NC1CC1. The summed E-state index contributed by atoms with van der Waals surface area (Å²) in [7, 11) is 0. The highest BCUT2D eigenvalue weighted by Crippen LogP contribution is 2.21. The van der Waals surface area contributed by atoms with E-state index in [1.807, 2.05) is 0 Å². The van der Waals surface area contributed by atoms with Gasteiger partial charge in [-0.3, -0.25) is 14.9 Å². The molecule has 0 radical (unpaired) electrons. The van der Waals surface area contributed by atoms with Crippen LogP contribution in [0.3, 0.4) is 0 Å². The van der Waals surface area contributed by atoms with Gasteiger partial charge in [-0.25, -0.2) is 4.79 Å². The quantitative estimate of drug-likeness (QED) is 0.675. The van der Waals surface area contributed by atoms with E-state index in [1.54, 1.807) is 6.07 Å². The maximum atomic E-state index is 11.5. The van der Waals surface area contributed by atoms with Gasteiger partial charge in [0, 0.05) is 11.7 Å². The summed E-state index contributed by atoms with van der Waals surface area (Å²) in [4.78, 5) is 34.3.